The Hall–Kier alpha value is -3.61. The number of hydrogen-bond acceptors (Lipinski definition) is 4. The highest BCUT2D eigenvalue weighted by Crippen LogP contribution is 2.30. The van der Waals surface area contributed by atoms with E-state index in [9.17, 15) is 9.59 Å². The zero-order chi connectivity index (χ0) is 20.5. The molecule has 4 heterocycles. The van der Waals surface area contributed by atoms with Gasteiger partial charge < -0.3 is 19.5 Å². The third-order valence-electron chi connectivity index (χ3n) is 5.89. The van der Waals surface area contributed by atoms with Crippen molar-refractivity contribution in [2.75, 3.05) is 31.5 Å². The number of amides is 3. The number of pyridine rings is 1. The Morgan fingerprint density at radius 1 is 0.933 bits per heavy atom. The van der Waals surface area contributed by atoms with Crippen LogP contribution in [0.3, 0.4) is 0 Å². The molecule has 30 heavy (non-hydrogen) atoms. The van der Waals surface area contributed by atoms with E-state index in [-0.39, 0.29) is 11.9 Å². The van der Waals surface area contributed by atoms with Crippen molar-refractivity contribution in [2.45, 2.75) is 11.8 Å². The molecule has 0 radical (unpaired) electrons. The first-order valence-electron chi connectivity index (χ1n) is 10.0. The molecule has 0 spiro atoms. The van der Waals surface area contributed by atoms with E-state index in [1.54, 1.807) is 17.2 Å². The average Bonchev–Trinajstić information content (AvgIpc) is 3.23. The van der Waals surface area contributed by atoms with E-state index in [4.69, 9.17) is 4.42 Å². The van der Waals surface area contributed by atoms with Gasteiger partial charge in [-0.15, -0.1) is 0 Å². The Balaban J connectivity index is 1.10. The molecular weight excluding hydrogens is 380 g/mol. The summed E-state index contributed by atoms with van der Waals surface area (Å²) < 4.78 is 4.98. The lowest BCUT2D eigenvalue weighted by Gasteiger charge is -2.40. The van der Waals surface area contributed by atoms with E-state index in [1.807, 2.05) is 41.4 Å². The number of rotatable bonds is 4. The number of benzene rings is 1. The van der Waals surface area contributed by atoms with Crippen molar-refractivity contribution in [1.82, 2.24) is 14.8 Å². The topological polar surface area (TPSA) is 78.7 Å². The molecule has 0 bridgehead atoms. The Kier molecular flexibility index (Phi) is 4.71. The second-order valence-electron chi connectivity index (χ2n) is 7.86. The SMILES string of the molecule is O=C(Nc1ccc(C2CN(C(=O)c3ccoc3)C2)cc1)N1CC(c2cccnc2)C1. The number of nitrogens with one attached hydrogen (secondary N) is 1. The highest BCUT2D eigenvalue weighted by atomic mass is 16.3. The van der Waals surface area contributed by atoms with Gasteiger partial charge in [0.2, 0.25) is 0 Å². The van der Waals surface area contributed by atoms with Gasteiger partial charge >= 0.3 is 6.03 Å². The first-order chi connectivity index (χ1) is 14.7. The number of nitrogens with zero attached hydrogens (tertiary/aromatic N) is 3. The number of carbonyl (C=O) groups excluding carboxylic acids is 2. The smallest absolute Gasteiger partial charge is 0.321 e. The molecule has 2 aliphatic heterocycles. The van der Waals surface area contributed by atoms with Gasteiger partial charge in [-0.1, -0.05) is 18.2 Å². The van der Waals surface area contributed by atoms with Gasteiger partial charge in [0.05, 0.1) is 11.8 Å². The lowest BCUT2D eigenvalue weighted by Crippen LogP contribution is -2.50. The maximum atomic E-state index is 12.4. The summed E-state index contributed by atoms with van der Waals surface area (Å²) in [5, 5.41) is 2.96. The fourth-order valence-electron chi connectivity index (χ4n) is 3.94. The number of carbonyl (C=O) groups is 2. The summed E-state index contributed by atoms with van der Waals surface area (Å²) in [6.45, 7) is 2.80. The van der Waals surface area contributed by atoms with Crippen LogP contribution in [0.4, 0.5) is 10.5 Å². The minimum Gasteiger partial charge on any atom is -0.472 e. The molecule has 0 saturated carbocycles. The zero-order valence-corrected chi connectivity index (χ0v) is 16.4. The fraction of sp³-hybridized carbons (Fsp3) is 0.261. The van der Waals surface area contributed by atoms with Crippen molar-refractivity contribution in [3.05, 3.63) is 84.1 Å². The van der Waals surface area contributed by atoms with Crippen LogP contribution in [-0.4, -0.2) is 52.9 Å². The van der Waals surface area contributed by atoms with Gasteiger partial charge in [0.1, 0.15) is 6.26 Å². The van der Waals surface area contributed by atoms with Crippen molar-refractivity contribution >= 4 is 17.6 Å². The lowest BCUT2D eigenvalue weighted by molar-refractivity contribution is 0.0601. The first-order valence-corrected chi connectivity index (χ1v) is 10.0. The standard InChI is InChI=1S/C23H22N4O3/c28-22(18-7-9-30-15-18)26-11-19(12-26)16-3-5-21(6-4-16)25-23(29)27-13-20(14-27)17-2-1-8-24-10-17/h1-10,15,19-20H,11-14H2,(H,25,29). The van der Waals surface area contributed by atoms with Crippen LogP contribution in [0.2, 0.25) is 0 Å². The summed E-state index contributed by atoms with van der Waals surface area (Å²) in [6, 6.07) is 13.5. The highest BCUT2D eigenvalue weighted by molar-refractivity contribution is 5.94. The van der Waals surface area contributed by atoms with Crippen molar-refractivity contribution in [1.29, 1.82) is 0 Å². The van der Waals surface area contributed by atoms with Crippen LogP contribution in [0, 0.1) is 0 Å². The van der Waals surface area contributed by atoms with Gasteiger partial charge in [-0.05, 0) is 35.4 Å². The average molecular weight is 402 g/mol. The molecule has 0 aliphatic carbocycles. The third-order valence-corrected chi connectivity index (χ3v) is 5.89. The van der Waals surface area contributed by atoms with Gasteiger partial charge in [-0.2, -0.15) is 0 Å². The molecule has 2 saturated heterocycles. The van der Waals surface area contributed by atoms with E-state index in [0.29, 0.717) is 43.6 Å². The highest BCUT2D eigenvalue weighted by Gasteiger charge is 2.33. The summed E-state index contributed by atoms with van der Waals surface area (Å²) in [4.78, 5) is 32.5. The van der Waals surface area contributed by atoms with Crippen molar-refractivity contribution in [3.63, 3.8) is 0 Å². The van der Waals surface area contributed by atoms with Crippen LogP contribution >= 0.6 is 0 Å². The number of aromatic nitrogens is 1. The monoisotopic (exact) mass is 402 g/mol. The van der Waals surface area contributed by atoms with Gasteiger partial charge in [0.25, 0.3) is 5.91 Å². The summed E-state index contributed by atoms with van der Waals surface area (Å²) in [5.74, 6) is 0.683. The number of urea groups is 1. The summed E-state index contributed by atoms with van der Waals surface area (Å²) >= 11 is 0. The summed E-state index contributed by atoms with van der Waals surface area (Å²) in [5.41, 5.74) is 3.71. The minimum atomic E-state index is -0.0802. The van der Waals surface area contributed by atoms with E-state index in [2.05, 4.69) is 16.4 Å². The van der Waals surface area contributed by atoms with Gasteiger partial charge in [-0.3, -0.25) is 9.78 Å². The molecular formula is C23H22N4O3. The number of hydrogen-bond donors (Lipinski definition) is 1. The molecule has 7 nitrogen and oxygen atoms in total. The van der Waals surface area contributed by atoms with Gasteiger partial charge in [0.15, 0.2) is 0 Å². The maximum absolute atomic E-state index is 12.4. The Labute approximate surface area is 174 Å². The van der Waals surface area contributed by atoms with E-state index in [0.717, 1.165) is 5.69 Å². The quantitative estimate of drug-likeness (QED) is 0.724. The number of furan rings is 1. The fourth-order valence-corrected chi connectivity index (χ4v) is 3.94. The van der Waals surface area contributed by atoms with Crippen LogP contribution < -0.4 is 5.32 Å². The maximum Gasteiger partial charge on any atom is 0.321 e. The third kappa shape index (κ3) is 3.54. The lowest BCUT2D eigenvalue weighted by atomic mass is 9.91. The number of likely N-dealkylation sites (tertiary alicyclic amines) is 2. The zero-order valence-electron chi connectivity index (χ0n) is 16.4. The van der Waals surface area contributed by atoms with Crippen molar-refractivity contribution in [3.8, 4) is 0 Å². The van der Waals surface area contributed by atoms with Crippen molar-refractivity contribution in [2.24, 2.45) is 0 Å². The Bertz CT molecular complexity index is 1020. The largest absolute Gasteiger partial charge is 0.472 e. The molecule has 0 atom stereocenters. The second-order valence-corrected chi connectivity index (χ2v) is 7.86. The van der Waals surface area contributed by atoms with E-state index < -0.39 is 0 Å². The molecule has 5 rings (SSSR count). The summed E-state index contributed by atoms with van der Waals surface area (Å²) in [7, 11) is 0. The molecule has 3 aromatic rings. The molecule has 2 aliphatic rings. The van der Waals surface area contributed by atoms with E-state index >= 15 is 0 Å². The van der Waals surface area contributed by atoms with E-state index in [1.165, 1.54) is 23.7 Å². The molecule has 152 valence electrons. The normalized spacial score (nSPS) is 16.7. The molecule has 3 amide bonds. The number of anilines is 1. The van der Waals surface area contributed by atoms with Crippen LogP contribution in [0.5, 0.6) is 0 Å². The molecule has 7 heteroatoms. The Morgan fingerprint density at radius 3 is 2.33 bits per heavy atom. The Morgan fingerprint density at radius 2 is 1.67 bits per heavy atom. The van der Waals surface area contributed by atoms with Crippen LogP contribution in [0.15, 0.2) is 71.8 Å². The van der Waals surface area contributed by atoms with Crippen LogP contribution in [0.25, 0.3) is 0 Å². The van der Waals surface area contributed by atoms with Crippen LogP contribution in [0.1, 0.15) is 33.3 Å². The second kappa shape index (κ2) is 7.67. The predicted octanol–water partition coefficient (Wildman–Crippen LogP) is 3.55. The molecule has 2 aromatic heterocycles. The molecule has 1 N–H and O–H groups in total. The van der Waals surface area contributed by atoms with Crippen molar-refractivity contribution < 1.29 is 14.0 Å². The minimum absolute atomic E-state index is 0.00280. The van der Waals surface area contributed by atoms with Gasteiger partial charge in [-0.25, -0.2) is 4.79 Å². The van der Waals surface area contributed by atoms with Gasteiger partial charge in [0, 0.05) is 56.1 Å². The first kappa shape index (κ1) is 18.4. The molecule has 0 unspecified atom stereocenters. The van der Waals surface area contributed by atoms with Crippen LogP contribution in [-0.2, 0) is 0 Å². The predicted molar refractivity (Wildman–Crippen MR) is 111 cm³/mol. The molecule has 2 fully saturated rings. The summed E-state index contributed by atoms with van der Waals surface area (Å²) in [6.07, 6.45) is 6.61. The molecule has 1 aromatic carbocycles.